The molecule has 114 valence electrons. The van der Waals surface area contributed by atoms with Crippen molar-refractivity contribution in [2.24, 2.45) is 16.7 Å². The van der Waals surface area contributed by atoms with E-state index in [1.165, 1.54) is 0 Å². The quantitative estimate of drug-likeness (QED) is 0.512. The molecule has 6 heteroatoms. The Hall–Kier alpha value is -1.43. The van der Waals surface area contributed by atoms with Crippen LogP contribution in [0.5, 0.6) is 0 Å². The van der Waals surface area contributed by atoms with Crippen molar-refractivity contribution in [1.82, 2.24) is 0 Å². The Kier molecular flexibility index (Phi) is 2.09. The number of aliphatic hydroxyl groups is 1. The average Bonchev–Trinajstić information content (AvgIpc) is 2.95. The fraction of sp³-hybridized carbons (Fsp3) is 0.800. The Morgan fingerprint density at radius 2 is 1.95 bits per heavy atom. The second-order valence-corrected chi connectivity index (χ2v) is 7.29. The number of esters is 2. The Bertz CT molecular complexity index is 599. The summed E-state index contributed by atoms with van der Waals surface area (Å²) in [5.74, 6) is -1.65. The van der Waals surface area contributed by atoms with E-state index in [4.69, 9.17) is 9.47 Å². The van der Waals surface area contributed by atoms with Gasteiger partial charge in [0.25, 0.3) is 0 Å². The van der Waals surface area contributed by atoms with Crippen molar-refractivity contribution in [2.45, 2.75) is 50.7 Å². The molecule has 2 aliphatic carbocycles. The third-order valence-electron chi connectivity index (χ3n) is 6.78. The highest BCUT2D eigenvalue weighted by Crippen LogP contribution is 2.72. The summed E-state index contributed by atoms with van der Waals surface area (Å²) >= 11 is 0. The third kappa shape index (κ3) is 1.02. The van der Waals surface area contributed by atoms with Gasteiger partial charge >= 0.3 is 11.9 Å². The van der Waals surface area contributed by atoms with E-state index < -0.39 is 33.8 Å². The van der Waals surface area contributed by atoms with E-state index in [1.807, 2.05) is 6.92 Å². The standard InChI is InChI=1S/C15H18O6/c1-8-3-4-14-12(2)7-20-11(18)15(12,19)9(16)5-13(8,14)6-10(17)21-14/h8,19H,3-7H2,1-2H3/t8-,12+,13-,14-,15-/m1/s1. The van der Waals surface area contributed by atoms with Crippen LogP contribution >= 0.6 is 0 Å². The number of hydrogen-bond acceptors (Lipinski definition) is 6. The Balaban J connectivity index is 2.01. The van der Waals surface area contributed by atoms with Crippen molar-refractivity contribution in [2.75, 3.05) is 6.61 Å². The van der Waals surface area contributed by atoms with E-state index in [2.05, 4.69) is 0 Å². The van der Waals surface area contributed by atoms with Crippen molar-refractivity contribution in [3.63, 3.8) is 0 Å². The lowest BCUT2D eigenvalue weighted by atomic mass is 9.47. The lowest BCUT2D eigenvalue weighted by Crippen LogP contribution is -2.72. The Morgan fingerprint density at radius 3 is 2.67 bits per heavy atom. The first-order chi connectivity index (χ1) is 9.73. The number of Topliss-reactive ketones (excluding diaryl/α,β-unsaturated/α-hetero) is 1. The normalized spacial score (nSPS) is 54.8. The van der Waals surface area contributed by atoms with Gasteiger partial charge in [-0.2, -0.15) is 0 Å². The molecule has 2 aliphatic heterocycles. The van der Waals surface area contributed by atoms with Crippen LogP contribution in [0.1, 0.15) is 39.5 Å². The average molecular weight is 294 g/mol. The van der Waals surface area contributed by atoms with Gasteiger partial charge in [-0.15, -0.1) is 0 Å². The molecular weight excluding hydrogens is 276 g/mol. The number of fused-ring (bicyclic) bond motifs is 1. The number of ether oxygens (including phenoxy) is 2. The molecule has 2 heterocycles. The fourth-order valence-electron chi connectivity index (χ4n) is 5.51. The zero-order chi connectivity index (χ0) is 15.3. The third-order valence-corrected chi connectivity index (χ3v) is 6.78. The maximum atomic E-state index is 12.6. The molecule has 6 nitrogen and oxygen atoms in total. The van der Waals surface area contributed by atoms with Gasteiger partial charge in [-0.3, -0.25) is 9.59 Å². The zero-order valence-electron chi connectivity index (χ0n) is 12.1. The second-order valence-electron chi connectivity index (χ2n) is 7.29. The molecule has 0 radical (unpaired) electrons. The number of carbonyl (C=O) groups is 3. The molecule has 0 bridgehead atoms. The van der Waals surface area contributed by atoms with E-state index in [9.17, 15) is 19.5 Å². The molecule has 5 atom stereocenters. The Labute approximate surface area is 121 Å². The van der Waals surface area contributed by atoms with Gasteiger partial charge < -0.3 is 14.6 Å². The maximum Gasteiger partial charge on any atom is 0.346 e. The van der Waals surface area contributed by atoms with Crippen molar-refractivity contribution >= 4 is 17.7 Å². The molecule has 0 amide bonds. The van der Waals surface area contributed by atoms with Gasteiger partial charge in [0.1, 0.15) is 12.2 Å². The van der Waals surface area contributed by atoms with E-state index >= 15 is 0 Å². The van der Waals surface area contributed by atoms with Crippen LogP contribution < -0.4 is 0 Å². The summed E-state index contributed by atoms with van der Waals surface area (Å²) in [5, 5.41) is 10.9. The summed E-state index contributed by atoms with van der Waals surface area (Å²) in [5.41, 5.74) is -4.99. The summed E-state index contributed by atoms with van der Waals surface area (Å²) < 4.78 is 10.8. The molecule has 0 aromatic heterocycles. The molecule has 21 heavy (non-hydrogen) atoms. The monoisotopic (exact) mass is 294 g/mol. The molecule has 0 aromatic rings. The largest absolute Gasteiger partial charge is 0.462 e. The lowest BCUT2D eigenvalue weighted by Gasteiger charge is -2.56. The highest BCUT2D eigenvalue weighted by atomic mass is 16.6. The highest BCUT2D eigenvalue weighted by molar-refractivity contribution is 6.11. The summed E-state index contributed by atoms with van der Waals surface area (Å²) in [6.45, 7) is 3.58. The van der Waals surface area contributed by atoms with E-state index in [0.29, 0.717) is 6.42 Å². The van der Waals surface area contributed by atoms with Gasteiger partial charge in [0.05, 0.1) is 11.8 Å². The van der Waals surface area contributed by atoms with Gasteiger partial charge in [0.2, 0.25) is 5.60 Å². The first-order valence-electron chi connectivity index (χ1n) is 7.38. The lowest BCUT2D eigenvalue weighted by molar-refractivity contribution is -0.224. The highest BCUT2D eigenvalue weighted by Gasteiger charge is 2.85. The van der Waals surface area contributed by atoms with Crippen LogP contribution in [0.4, 0.5) is 0 Å². The number of hydrogen-bond donors (Lipinski definition) is 1. The minimum atomic E-state index is -2.19. The van der Waals surface area contributed by atoms with Crippen molar-refractivity contribution in [1.29, 1.82) is 0 Å². The van der Waals surface area contributed by atoms with Crippen LogP contribution in [0.25, 0.3) is 0 Å². The summed E-state index contributed by atoms with van der Waals surface area (Å²) in [4.78, 5) is 36.7. The molecule has 2 saturated carbocycles. The summed E-state index contributed by atoms with van der Waals surface area (Å²) in [6.07, 6.45) is 1.55. The molecule has 0 unspecified atom stereocenters. The molecule has 0 aromatic carbocycles. The van der Waals surface area contributed by atoms with E-state index in [1.54, 1.807) is 6.92 Å². The van der Waals surface area contributed by atoms with E-state index in [-0.39, 0.29) is 31.3 Å². The van der Waals surface area contributed by atoms with Crippen molar-refractivity contribution < 1.29 is 29.0 Å². The van der Waals surface area contributed by atoms with Gasteiger partial charge in [-0.05, 0) is 25.7 Å². The first-order valence-corrected chi connectivity index (χ1v) is 7.38. The van der Waals surface area contributed by atoms with Gasteiger partial charge in [-0.25, -0.2) is 4.79 Å². The van der Waals surface area contributed by atoms with Crippen LogP contribution in [0.3, 0.4) is 0 Å². The number of rotatable bonds is 0. The molecule has 1 N–H and O–H groups in total. The number of cyclic esters (lactones) is 1. The predicted octanol–water partition coefficient (Wildman–Crippen LogP) is 0.355. The molecular formula is C15H18O6. The van der Waals surface area contributed by atoms with Crippen molar-refractivity contribution in [3.05, 3.63) is 0 Å². The topological polar surface area (TPSA) is 89.9 Å². The van der Waals surface area contributed by atoms with Gasteiger partial charge in [0.15, 0.2) is 5.78 Å². The van der Waals surface area contributed by atoms with Crippen LogP contribution in [0, 0.1) is 16.7 Å². The zero-order valence-corrected chi connectivity index (χ0v) is 12.1. The number of ketones is 1. The molecule has 0 spiro atoms. The van der Waals surface area contributed by atoms with Crippen molar-refractivity contribution in [3.8, 4) is 0 Å². The maximum absolute atomic E-state index is 12.6. The minimum absolute atomic E-state index is 0.00109. The SMILES string of the molecule is C[C@@H]1CC[C@]23OC(=O)C[C@]12CC(=O)[C@@]1(O)C(=O)OC[C@]13C. The van der Waals surface area contributed by atoms with Crippen LogP contribution in [0.15, 0.2) is 0 Å². The first kappa shape index (κ1) is 13.2. The Morgan fingerprint density at radius 1 is 1.24 bits per heavy atom. The van der Waals surface area contributed by atoms with Crippen LogP contribution in [0.2, 0.25) is 0 Å². The summed E-state index contributed by atoms with van der Waals surface area (Å²) in [7, 11) is 0. The molecule has 4 rings (SSSR count). The van der Waals surface area contributed by atoms with Crippen LogP contribution in [-0.2, 0) is 23.9 Å². The van der Waals surface area contributed by atoms with Gasteiger partial charge in [-0.1, -0.05) is 6.92 Å². The van der Waals surface area contributed by atoms with Gasteiger partial charge in [0, 0.05) is 11.8 Å². The fourth-order valence-corrected chi connectivity index (χ4v) is 5.51. The molecule has 4 fully saturated rings. The van der Waals surface area contributed by atoms with Crippen LogP contribution in [-0.4, -0.2) is 40.6 Å². The summed E-state index contributed by atoms with van der Waals surface area (Å²) in [6, 6.07) is 0. The molecule has 2 saturated heterocycles. The van der Waals surface area contributed by atoms with E-state index in [0.717, 1.165) is 6.42 Å². The molecule has 4 aliphatic rings. The second kappa shape index (κ2) is 3.32. The predicted molar refractivity (Wildman–Crippen MR) is 67.9 cm³/mol. The number of carbonyl (C=O) groups excluding carboxylic acids is 3. The smallest absolute Gasteiger partial charge is 0.346 e. The minimum Gasteiger partial charge on any atom is -0.462 e.